The number of carbonyl (C=O) groups is 3. The third-order valence-corrected chi connectivity index (χ3v) is 11.1. The zero-order chi connectivity index (χ0) is 38.7. The fourth-order valence-corrected chi connectivity index (χ4v) is 7.91. The van der Waals surface area contributed by atoms with Crippen LogP contribution in [0.3, 0.4) is 0 Å². The van der Waals surface area contributed by atoms with Gasteiger partial charge in [-0.1, -0.05) is 56.6 Å². The van der Waals surface area contributed by atoms with Crippen LogP contribution >= 0.6 is 22.9 Å². The van der Waals surface area contributed by atoms with Crippen LogP contribution in [0, 0.1) is 12.3 Å². The molecule has 54 heavy (non-hydrogen) atoms. The smallest absolute Gasteiger partial charge is 0.246 e. The standard InChI is InChI=1S/C38H47ClN10O4S/c1-22(25-6-8-26(9-7-25)33-23(2)42-21-54-33)43-36(52)29-18-27(50)20-49(29)37(53)34(38(3,4)5)44-32(51)17-24-10-11-41-31(16-24)48-14-12-47(13-15-48)28-19-30(39)45-46-35(28)40/h6-11,16,19,21-22,27,29,34,50H,12-15,17-18,20H2,1-5H3,(H2,40,46)(H,43,52)(H,44,51)/t22?,27-,29+,34?/m1/s1. The highest BCUT2D eigenvalue weighted by Gasteiger charge is 2.44. The van der Waals surface area contributed by atoms with Crippen molar-refractivity contribution in [2.24, 2.45) is 5.41 Å². The van der Waals surface area contributed by atoms with E-state index in [-0.39, 0.29) is 42.4 Å². The van der Waals surface area contributed by atoms with Gasteiger partial charge in [-0.15, -0.1) is 21.5 Å². The molecule has 16 heteroatoms. The summed E-state index contributed by atoms with van der Waals surface area (Å²) in [6, 6.07) is 11.2. The van der Waals surface area contributed by atoms with Gasteiger partial charge in [-0.2, -0.15) is 0 Å². The van der Waals surface area contributed by atoms with E-state index < -0.39 is 29.5 Å². The lowest BCUT2D eigenvalue weighted by atomic mass is 9.85. The molecule has 2 fully saturated rings. The second kappa shape index (κ2) is 16.2. The van der Waals surface area contributed by atoms with Gasteiger partial charge in [-0.25, -0.2) is 9.97 Å². The Labute approximate surface area is 324 Å². The Morgan fingerprint density at radius 3 is 2.39 bits per heavy atom. The Balaban J connectivity index is 1.07. The molecule has 14 nitrogen and oxygen atoms in total. The minimum absolute atomic E-state index is 0.00503. The number of pyridine rings is 1. The molecule has 0 bridgehead atoms. The Morgan fingerprint density at radius 1 is 1.02 bits per heavy atom. The predicted octanol–water partition coefficient (Wildman–Crippen LogP) is 3.78. The van der Waals surface area contributed by atoms with Crippen LogP contribution in [0.2, 0.25) is 5.15 Å². The number of thiazole rings is 1. The number of hydrogen-bond donors (Lipinski definition) is 4. The van der Waals surface area contributed by atoms with E-state index in [1.165, 1.54) is 4.90 Å². The van der Waals surface area contributed by atoms with Crippen LogP contribution in [0.15, 0.2) is 54.2 Å². The van der Waals surface area contributed by atoms with E-state index >= 15 is 0 Å². The second-order valence-electron chi connectivity index (χ2n) is 15.0. The van der Waals surface area contributed by atoms with Crippen LogP contribution in [0.4, 0.5) is 17.3 Å². The molecule has 2 saturated heterocycles. The first-order valence-electron chi connectivity index (χ1n) is 18.0. The predicted molar refractivity (Wildman–Crippen MR) is 210 cm³/mol. The number of hydrogen-bond acceptors (Lipinski definition) is 12. The number of likely N-dealkylation sites (tertiary alicyclic amines) is 1. The number of carbonyl (C=O) groups excluding carboxylic acids is 3. The number of amides is 3. The maximum atomic E-state index is 14.2. The van der Waals surface area contributed by atoms with Crippen LogP contribution in [0.1, 0.15) is 57.0 Å². The summed E-state index contributed by atoms with van der Waals surface area (Å²) in [5.74, 6) is -0.0512. The van der Waals surface area contributed by atoms with E-state index in [2.05, 4.69) is 40.6 Å². The second-order valence-corrected chi connectivity index (χ2v) is 16.2. The molecule has 3 amide bonds. The Kier molecular flexibility index (Phi) is 11.7. The third kappa shape index (κ3) is 8.91. The van der Waals surface area contributed by atoms with E-state index in [4.69, 9.17) is 17.3 Å². The quantitative estimate of drug-likeness (QED) is 0.184. The average molecular weight is 775 g/mol. The highest BCUT2D eigenvalue weighted by Crippen LogP contribution is 2.30. The summed E-state index contributed by atoms with van der Waals surface area (Å²) in [4.78, 5) is 57.0. The average Bonchev–Trinajstić information content (AvgIpc) is 3.76. The number of aliphatic hydroxyl groups excluding tert-OH is 1. The van der Waals surface area contributed by atoms with Crippen molar-refractivity contribution in [3.63, 3.8) is 0 Å². The fraction of sp³-hybridized carbons (Fsp3) is 0.447. The number of benzene rings is 1. The summed E-state index contributed by atoms with van der Waals surface area (Å²) in [5.41, 5.74) is 11.6. The molecule has 0 saturated carbocycles. The van der Waals surface area contributed by atoms with Crippen molar-refractivity contribution in [1.29, 1.82) is 0 Å². The first kappa shape index (κ1) is 38.9. The van der Waals surface area contributed by atoms with Crippen molar-refractivity contribution in [2.75, 3.05) is 48.3 Å². The lowest BCUT2D eigenvalue weighted by Crippen LogP contribution is -2.58. The van der Waals surface area contributed by atoms with E-state index in [0.717, 1.165) is 38.8 Å². The van der Waals surface area contributed by atoms with Crippen molar-refractivity contribution in [2.45, 2.75) is 71.7 Å². The van der Waals surface area contributed by atoms with Crippen LogP contribution in [0.5, 0.6) is 0 Å². The maximum absolute atomic E-state index is 14.2. The highest BCUT2D eigenvalue weighted by atomic mass is 35.5. The van der Waals surface area contributed by atoms with Crippen molar-refractivity contribution >= 4 is 58.0 Å². The zero-order valence-electron chi connectivity index (χ0n) is 31.1. The van der Waals surface area contributed by atoms with Gasteiger partial charge < -0.3 is 36.2 Å². The minimum atomic E-state index is -0.941. The van der Waals surface area contributed by atoms with E-state index in [0.29, 0.717) is 32.0 Å². The number of piperazine rings is 1. The number of nitrogens with zero attached hydrogens (tertiary/aromatic N) is 7. The van der Waals surface area contributed by atoms with Gasteiger partial charge in [-0.3, -0.25) is 14.4 Å². The normalized spacial score (nSPS) is 18.7. The van der Waals surface area contributed by atoms with E-state index in [1.54, 1.807) is 29.7 Å². The summed E-state index contributed by atoms with van der Waals surface area (Å²) in [7, 11) is 0. The number of nitrogens with two attached hydrogens (primary N) is 1. The Morgan fingerprint density at radius 2 is 1.72 bits per heavy atom. The minimum Gasteiger partial charge on any atom is -0.391 e. The van der Waals surface area contributed by atoms with Crippen molar-refractivity contribution in [3.8, 4) is 10.4 Å². The molecule has 2 aliphatic heterocycles. The molecule has 3 aromatic heterocycles. The van der Waals surface area contributed by atoms with Gasteiger partial charge in [0.1, 0.15) is 17.9 Å². The molecule has 5 heterocycles. The lowest BCUT2D eigenvalue weighted by Gasteiger charge is -2.37. The summed E-state index contributed by atoms with van der Waals surface area (Å²) >= 11 is 7.63. The lowest BCUT2D eigenvalue weighted by molar-refractivity contribution is -0.144. The van der Waals surface area contributed by atoms with E-state index in [1.807, 2.05) is 70.5 Å². The molecule has 4 atom stereocenters. The molecular weight excluding hydrogens is 728 g/mol. The zero-order valence-corrected chi connectivity index (χ0v) is 32.7. The molecule has 1 aromatic carbocycles. The van der Waals surface area contributed by atoms with Gasteiger partial charge in [0.15, 0.2) is 11.0 Å². The Bertz CT molecular complexity index is 1980. The number of halogens is 1. The molecule has 0 aliphatic carbocycles. The van der Waals surface area contributed by atoms with Gasteiger partial charge in [-0.05, 0) is 48.1 Å². The number of aryl methyl sites for hydroxylation is 1. The number of β-amino-alcohol motifs (C(OH)–C–C–N with tert-alkyl or cyclic N) is 1. The highest BCUT2D eigenvalue weighted by molar-refractivity contribution is 7.13. The van der Waals surface area contributed by atoms with Gasteiger partial charge in [0, 0.05) is 51.4 Å². The molecule has 0 spiro atoms. The molecule has 286 valence electrons. The first-order chi connectivity index (χ1) is 25.7. The summed E-state index contributed by atoms with van der Waals surface area (Å²) in [6.45, 7) is 12.1. The van der Waals surface area contributed by atoms with Crippen molar-refractivity contribution in [1.82, 2.24) is 35.7 Å². The van der Waals surface area contributed by atoms with Gasteiger partial charge >= 0.3 is 0 Å². The number of aliphatic hydroxyl groups is 1. The van der Waals surface area contributed by atoms with Crippen LogP contribution in [-0.2, 0) is 20.8 Å². The van der Waals surface area contributed by atoms with Crippen LogP contribution in [0.25, 0.3) is 10.4 Å². The topological polar surface area (TPSA) is 183 Å². The number of nitrogens with one attached hydrogen (secondary N) is 2. The number of rotatable bonds is 10. The summed E-state index contributed by atoms with van der Waals surface area (Å²) < 4.78 is 0. The monoisotopic (exact) mass is 774 g/mol. The molecular formula is C38H47ClN10O4S. The SMILES string of the molecule is Cc1ncsc1-c1ccc(C(C)NC(=O)[C@@H]2C[C@@H](O)CN2C(=O)C(NC(=O)Cc2ccnc(N3CCN(c4cc(Cl)nnc4N)CC3)c2)C(C)(C)C)cc1. The van der Waals surface area contributed by atoms with E-state index in [9.17, 15) is 19.5 Å². The summed E-state index contributed by atoms with van der Waals surface area (Å²) in [6.07, 6.45) is 0.936. The number of aromatic nitrogens is 4. The maximum Gasteiger partial charge on any atom is 0.246 e. The first-order valence-corrected chi connectivity index (χ1v) is 19.3. The Hall–Kier alpha value is -4.86. The van der Waals surface area contributed by atoms with Crippen LogP contribution in [-0.4, -0.2) is 98.8 Å². The summed E-state index contributed by atoms with van der Waals surface area (Å²) in [5, 5.41) is 24.6. The molecule has 4 aromatic rings. The van der Waals surface area contributed by atoms with Gasteiger partial charge in [0.05, 0.1) is 40.3 Å². The van der Waals surface area contributed by atoms with Gasteiger partial charge in [0.25, 0.3) is 0 Å². The van der Waals surface area contributed by atoms with Crippen molar-refractivity contribution < 1.29 is 19.5 Å². The van der Waals surface area contributed by atoms with Crippen molar-refractivity contribution in [3.05, 3.63) is 76.1 Å². The van der Waals surface area contributed by atoms with Crippen LogP contribution < -0.4 is 26.2 Å². The molecule has 6 rings (SSSR count). The molecule has 2 aliphatic rings. The molecule has 5 N–H and O–H groups in total. The largest absolute Gasteiger partial charge is 0.391 e. The fourth-order valence-electron chi connectivity index (χ4n) is 6.95. The number of nitrogen functional groups attached to an aromatic ring is 1. The van der Waals surface area contributed by atoms with Gasteiger partial charge in [0.2, 0.25) is 17.7 Å². The number of anilines is 3. The third-order valence-electron chi connectivity index (χ3n) is 9.95. The molecule has 2 unspecified atom stereocenters. The molecule has 0 radical (unpaired) electrons.